The summed E-state index contributed by atoms with van der Waals surface area (Å²) in [6.45, 7) is 0.513. The second-order valence-electron chi connectivity index (χ2n) is 9.56. The van der Waals surface area contributed by atoms with Crippen molar-refractivity contribution >= 4 is 16.0 Å². The van der Waals surface area contributed by atoms with E-state index in [9.17, 15) is 21.6 Å². The van der Waals surface area contributed by atoms with Gasteiger partial charge in [0.25, 0.3) is 0 Å². The first-order valence-electron chi connectivity index (χ1n) is 12.1. The molecule has 2 unspecified atom stereocenters. The van der Waals surface area contributed by atoms with Gasteiger partial charge in [0.2, 0.25) is 10.0 Å². The molecule has 4 N–H and O–H groups in total. The fourth-order valence-corrected chi connectivity index (χ4v) is 5.96. The highest BCUT2D eigenvalue weighted by Gasteiger charge is 2.38. The second kappa shape index (κ2) is 12.2. The first-order valence-corrected chi connectivity index (χ1v) is 13.8. The van der Waals surface area contributed by atoms with Crippen molar-refractivity contribution in [2.75, 3.05) is 12.3 Å². The van der Waals surface area contributed by atoms with Gasteiger partial charge in [0.05, 0.1) is 5.75 Å². The van der Waals surface area contributed by atoms with E-state index in [2.05, 4.69) is 53.3 Å². The highest BCUT2D eigenvalue weighted by atomic mass is 32.2. The normalized spacial score (nSPS) is 19.7. The smallest absolute Gasteiger partial charge is 0.475 e. The Labute approximate surface area is 210 Å². The molecule has 0 aromatic heterocycles. The molecule has 0 radical (unpaired) electrons. The summed E-state index contributed by atoms with van der Waals surface area (Å²) in [6.07, 6.45) is 1.78. The molecule has 1 fully saturated rings. The molecule has 2 aliphatic rings. The Morgan fingerprint density at radius 2 is 1.72 bits per heavy atom. The fraction of sp³-hybridized carbons (Fsp3) is 0.500. The number of hydrogen-bond donors (Lipinski definition) is 3. The lowest BCUT2D eigenvalue weighted by atomic mass is 9.76. The molecule has 198 valence electrons. The van der Waals surface area contributed by atoms with Crippen molar-refractivity contribution in [3.63, 3.8) is 0 Å². The number of benzene rings is 2. The molecular formula is C26H33F3N2O4S. The number of carboxylic acid groups (broad SMARTS) is 1. The summed E-state index contributed by atoms with van der Waals surface area (Å²) >= 11 is 0. The minimum Gasteiger partial charge on any atom is -0.475 e. The van der Waals surface area contributed by atoms with Crippen LogP contribution < -0.4 is 10.5 Å². The van der Waals surface area contributed by atoms with Gasteiger partial charge in [-0.3, -0.25) is 0 Å². The lowest BCUT2D eigenvalue weighted by Gasteiger charge is -2.32. The summed E-state index contributed by atoms with van der Waals surface area (Å²) < 4.78 is 58.5. The van der Waals surface area contributed by atoms with Gasteiger partial charge in [-0.15, -0.1) is 0 Å². The van der Waals surface area contributed by atoms with Crippen molar-refractivity contribution in [2.24, 2.45) is 11.7 Å². The van der Waals surface area contributed by atoms with Crippen LogP contribution in [-0.2, 0) is 34.1 Å². The number of carboxylic acids is 1. The number of sulfonamides is 1. The van der Waals surface area contributed by atoms with Gasteiger partial charge in [-0.1, -0.05) is 48.5 Å². The second-order valence-corrected chi connectivity index (χ2v) is 11.4. The average molecular weight is 527 g/mol. The highest BCUT2D eigenvalue weighted by Crippen LogP contribution is 2.34. The zero-order chi connectivity index (χ0) is 26.3. The van der Waals surface area contributed by atoms with Crippen LogP contribution in [-0.4, -0.2) is 44.0 Å². The fourth-order valence-electron chi connectivity index (χ4n) is 4.43. The molecule has 0 saturated heterocycles. The van der Waals surface area contributed by atoms with E-state index < -0.39 is 22.2 Å². The predicted octanol–water partition coefficient (Wildman–Crippen LogP) is 4.18. The van der Waals surface area contributed by atoms with Crippen LogP contribution in [0.1, 0.15) is 53.9 Å². The van der Waals surface area contributed by atoms with Gasteiger partial charge in [-0.25, -0.2) is 17.9 Å². The van der Waals surface area contributed by atoms with Crippen LogP contribution in [0, 0.1) is 5.92 Å². The third-order valence-electron chi connectivity index (χ3n) is 6.53. The van der Waals surface area contributed by atoms with Crippen molar-refractivity contribution in [2.45, 2.75) is 63.1 Å². The molecule has 36 heavy (non-hydrogen) atoms. The number of fused-ring (bicyclic) bond motifs is 1. The largest absolute Gasteiger partial charge is 0.490 e. The van der Waals surface area contributed by atoms with Gasteiger partial charge in [0.15, 0.2) is 0 Å². The van der Waals surface area contributed by atoms with Gasteiger partial charge in [-0.2, -0.15) is 13.2 Å². The molecule has 6 nitrogen and oxygen atoms in total. The summed E-state index contributed by atoms with van der Waals surface area (Å²) in [5.74, 6) is -1.73. The summed E-state index contributed by atoms with van der Waals surface area (Å²) in [7, 11) is -3.10. The molecule has 2 aromatic rings. The molecule has 2 aromatic carbocycles. The molecule has 1 saturated carbocycles. The average Bonchev–Trinajstić information content (AvgIpc) is 3.62. The summed E-state index contributed by atoms with van der Waals surface area (Å²) in [4.78, 5) is 8.90. The minimum absolute atomic E-state index is 0.187. The lowest BCUT2D eigenvalue weighted by molar-refractivity contribution is -0.192. The molecule has 0 amide bonds. The topological polar surface area (TPSA) is 109 Å². The van der Waals surface area contributed by atoms with Crippen molar-refractivity contribution in [3.05, 3.63) is 70.8 Å². The Balaban J connectivity index is 0.000000454. The Hall–Kier alpha value is -2.43. The minimum atomic E-state index is -5.08. The predicted molar refractivity (Wildman–Crippen MR) is 132 cm³/mol. The van der Waals surface area contributed by atoms with Crippen LogP contribution in [0.2, 0.25) is 0 Å². The maximum absolute atomic E-state index is 12.0. The van der Waals surface area contributed by atoms with Gasteiger partial charge in [-0.05, 0) is 73.1 Å². The zero-order valence-electron chi connectivity index (χ0n) is 20.0. The van der Waals surface area contributed by atoms with Crippen LogP contribution >= 0.6 is 0 Å². The quantitative estimate of drug-likeness (QED) is 0.425. The number of alkyl halides is 3. The van der Waals surface area contributed by atoms with Gasteiger partial charge < -0.3 is 10.8 Å². The molecule has 2 aliphatic carbocycles. The van der Waals surface area contributed by atoms with E-state index in [1.807, 2.05) is 0 Å². The summed E-state index contributed by atoms with van der Waals surface area (Å²) in [5, 5.41) is 7.12. The number of aliphatic carboxylic acids is 1. The van der Waals surface area contributed by atoms with Crippen molar-refractivity contribution < 1.29 is 31.5 Å². The van der Waals surface area contributed by atoms with Crippen LogP contribution in [0.25, 0.3) is 0 Å². The molecule has 4 rings (SSSR count). The third kappa shape index (κ3) is 8.90. The molecule has 10 heteroatoms. The van der Waals surface area contributed by atoms with E-state index in [4.69, 9.17) is 15.6 Å². The van der Waals surface area contributed by atoms with Crippen molar-refractivity contribution in [1.29, 1.82) is 0 Å². The number of halogens is 3. The zero-order valence-corrected chi connectivity index (χ0v) is 20.8. The molecule has 0 aliphatic heterocycles. The van der Waals surface area contributed by atoms with Crippen molar-refractivity contribution in [1.82, 2.24) is 4.72 Å². The van der Waals surface area contributed by atoms with Crippen LogP contribution in [0.15, 0.2) is 48.5 Å². The van der Waals surface area contributed by atoms with Gasteiger partial charge in [0.1, 0.15) is 0 Å². The van der Waals surface area contributed by atoms with E-state index in [0.29, 0.717) is 24.1 Å². The van der Waals surface area contributed by atoms with Gasteiger partial charge in [0, 0.05) is 18.5 Å². The van der Waals surface area contributed by atoms with E-state index in [0.717, 1.165) is 44.9 Å². The number of hydrogen-bond acceptors (Lipinski definition) is 4. The maximum Gasteiger partial charge on any atom is 0.490 e. The van der Waals surface area contributed by atoms with E-state index >= 15 is 0 Å². The van der Waals surface area contributed by atoms with Crippen LogP contribution in [0.5, 0.6) is 0 Å². The molecular weight excluding hydrogens is 493 g/mol. The molecule has 0 spiro atoms. The maximum atomic E-state index is 12.0. The Morgan fingerprint density at radius 1 is 1.06 bits per heavy atom. The molecule has 0 bridgehead atoms. The lowest BCUT2D eigenvalue weighted by Crippen LogP contribution is -2.34. The van der Waals surface area contributed by atoms with Gasteiger partial charge >= 0.3 is 12.1 Å². The Morgan fingerprint density at radius 3 is 2.33 bits per heavy atom. The number of nitrogens with one attached hydrogen (secondary N) is 1. The van der Waals surface area contributed by atoms with E-state index in [1.165, 1.54) is 22.3 Å². The standard InChI is InChI=1S/C24H32N2O2S.C2HF3O2/c25-24-13-12-21-11-10-19(7-4-14-26-29(27,28)17-20-8-9-20)15-22(21)23(24)16-18-5-2-1-3-6-18;3-2(4,5)1(6)7/h1-3,5-6,10-11,15,20,23-24,26H,4,7-9,12-14,16-17,25H2;(H,6,7). The Bertz CT molecular complexity index is 1120. The van der Waals surface area contributed by atoms with E-state index in [-0.39, 0.29) is 6.04 Å². The first-order chi connectivity index (χ1) is 16.9. The molecule has 0 heterocycles. The number of carbonyl (C=O) groups is 1. The van der Waals surface area contributed by atoms with Crippen molar-refractivity contribution in [3.8, 4) is 0 Å². The third-order valence-corrected chi connectivity index (χ3v) is 8.08. The first kappa shape index (κ1) is 28.1. The van der Waals surface area contributed by atoms with Crippen LogP contribution in [0.4, 0.5) is 13.2 Å². The summed E-state index contributed by atoms with van der Waals surface area (Å²) in [6, 6.07) is 17.6. The Kier molecular flexibility index (Phi) is 9.54. The summed E-state index contributed by atoms with van der Waals surface area (Å²) in [5.41, 5.74) is 11.9. The highest BCUT2D eigenvalue weighted by molar-refractivity contribution is 7.89. The number of rotatable bonds is 9. The number of aryl methyl sites for hydroxylation is 2. The SMILES string of the molecule is NC1CCc2ccc(CCCNS(=O)(=O)CC3CC3)cc2C1Cc1ccccc1.O=C(O)C(F)(F)F. The molecule has 2 atom stereocenters. The number of nitrogens with two attached hydrogens (primary N) is 1. The van der Waals surface area contributed by atoms with Crippen LogP contribution in [0.3, 0.4) is 0 Å². The van der Waals surface area contributed by atoms with E-state index in [1.54, 1.807) is 0 Å². The monoisotopic (exact) mass is 526 g/mol.